The summed E-state index contributed by atoms with van der Waals surface area (Å²) in [5, 5.41) is -0.396. The van der Waals surface area contributed by atoms with Gasteiger partial charge in [0.1, 0.15) is 0 Å². The lowest BCUT2D eigenvalue weighted by molar-refractivity contribution is 0.514. The molecule has 1 unspecified atom stereocenters. The van der Waals surface area contributed by atoms with E-state index in [0.29, 0.717) is 10.8 Å². The Balaban J connectivity index is 3.05. The predicted octanol–water partition coefficient (Wildman–Crippen LogP) is 2.52. The monoisotopic (exact) mass is 255 g/mol. The third-order valence-corrected chi connectivity index (χ3v) is 5.10. The molecular weight excluding hydrogens is 234 g/mol. The Morgan fingerprint density at radius 3 is 1.82 bits per heavy atom. The molecule has 0 aromatic heterocycles. The van der Waals surface area contributed by atoms with Crippen LogP contribution < -0.4 is 5.73 Å². The van der Waals surface area contributed by atoms with Gasteiger partial charge in [0.15, 0.2) is 9.84 Å². The molecule has 4 heteroatoms. The van der Waals surface area contributed by atoms with E-state index in [9.17, 15) is 8.42 Å². The van der Waals surface area contributed by atoms with Gasteiger partial charge >= 0.3 is 0 Å². The molecule has 96 valence electrons. The number of benzene rings is 1. The van der Waals surface area contributed by atoms with Crippen LogP contribution in [-0.2, 0) is 9.84 Å². The molecule has 17 heavy (non-hydrogen) atoms. The van der Waals surface area contributed by atoms with Gasteiger partial charge in [0.2, 0.25) is 0 Å². The molecule has 0 saturated heterocycles. The minimum Gasteiger partial charge on any atom is -0.324 e. The molecule has 0 spiro atoms. The van der Waals surface area contributed by atoms with Gasteiger partial charge in [-0.05, 0) is 37.5 Å². The highest BCUT2D eigenvalue weighted by atomic mass is 32.2. The average molecular weight is 255 g/mol. The van der Waals surface area contributed by atoms with Gasteiger partial charge in [-0.2, -0.15) is 0 Å². The summed E-state index contributed by atoms with van der Waals surface area (Å²) in [6, 6.07) is 6.85. The summed E-state index contributed by atoms with van der Waals surface area (Å²) in [7, 11) is -3.18. The van der Waals surface area contributed by atoms with E-state index in [1.807, 2.05) is 13.8 Å². The molecule has 1 atom stereocenters. The van der Waals surface area contributed by atoms with Crippen LogP contribution in [0.1, 0.15) is 39.3 Å². The van der Waals surface area contributed by atoms with Gasteiger partial charge in [0.05, 0.1) is 10.1 Å². The lowest BCUT2D eigenvalue weighted by Gasteiger charge is -2.16. The maximum absolute atomic E-state index is 11.9. The molecule has 1 aromatic carbocycles. The Hall–Kier alpha value is -0.870. The summed E-state index contributed by atoms with van der Waals surface area (Å²) in [6.07, 6.45) is 0. The first-order valence-electron chi connectivity index (χ1n) is 5.86. The average Bonchev–Trinajstić information content (AvgIpc) is 2.27. The van der Waals surface area contributed by atoms with Crippen molar-refractivity contribution < 1.29 is 8.42 Å². The standard InChI is InChI=1S/C13H21NO2S/c1-9(2)13(14)11-5-7-12(8-6-11)17(15,16)10(3)4/h5-10,13H,14H2,1-4H3. The van der Waals surface area contributed by atoms with Crippen molar-refractivity contribution in [1.82, 2.24) is 0 Å². The summed E-state index contributed by atoms with van der Waals surface area (Å²) in [5.74, 6) is 0.336. The Kier molecular flexibility index (Phi) is 4.33. The zero-order valence-corrected chi connectivity index (χ0v) is 11.7. The molecule has 0 fully saturated rings. The van der Waals surface area contributed by atoms with Crippen LogP contribution in [0.25, 0.3) is 0 Å². The fourth-order valence-corrected chi connectivity index (χ4v) is 2.60. The van der Waals surface area contributed by atoms with Crippen LogP contribution in [0.2, 0.25) is 0 Å². The molecule has 0 radical (unpaired) electrons. The van der Waals surface area contributed by atoms with E-state index in [0.717, 1.165) is 5.56 Å². The summed E-state index contributed by atoms with van der Waals surface area (Å²) in [5.41, 5.74) is 6.98. The van der Waals surface area contributed by atoms with Crippen LogP contribution in [0, 0.1) is 5.92 Å². The van der Waals surface area contributed by atoms with Gasteiger partial charge in [0.25, 0.3) is 0 Å². The van der Waals surface area contributed by atoms with Gasteiger partial charge in [-0.1, -0.05) is 26.0 Å². The second-order valence-corrected chi connectivity index (χ2v) is 7.44. The number of rotatable bonds is 4. The van der Waals surface area contributed by atoms with E-state index in [4.69, 9.17) is 5.73 Å². The minimum atomic E-state index is -3.18. The molecule has 0 heterocycles. The topological polar surface area (TPSA) is 60.2 Å². The first-order valence-corrected chi connectivity index (χ1v) is 7.41. The van der Waals surface area contributed by atoms with E-state index in [1.165, 1.54) is 0 Å². The third kappa shape index (κ3) is 3.07. The number of nitrogens with two attached hydrogens (primary N) is 1. The molecule has 0 aliphatic rings. The molecule has 3 nitrogen and oxygen atoms in total. The van der Waals surface area contributed by atoms with Crippen molar-refractivity contribution in [3.05, 3.63) is 29.8 Å². The van der Waals surface area contributed by atoms with Crippen LogP contribution in [0.15, 0.2) is 29.2 Å². The highest BCUT2D eigenvalue weighted by molar-refractivity contribution is 7.92. The smallest absolute Gasteiger partial charge is 0.180 e. The lowest BCUT2D eigenvalue weighted by Crippen LogP contribution is -2.17. The maximum Gasteiger partial charge on any atom is 0.180 e. The summed E-state index contributed by atoms with van der Waals surface area (Å²) in [4.78, 5) is 0.368. The minimum absolute atomic E-state index is 0.0502. The van der Waals surface area contributed by atoms with E-state index in [-0.39, 0.29) is 6.04 Å². The SMILES string of the molecule is CC(C)C(N)c1ccc(S(=O)(=O)C(C)C)cc1. The normalized spacial score (nSPS) is 14.3. The van der Waals surface area contributed by atoms with Gasteiger partial charge < -0.3 is 5.73 Å². The van der Waals surface area contributed by atoms with Gasteiger partial charge in [-0.3, -0.25) is 0 Å². The van der Waals surface area contributed by atoms with Crippen molar-refractivity contribution in [2.24, 2.45) is 11.7 Å². The van der Waals surface area contributed by atoms with Crippen molar-refractivity contribution in [2.75, 3.05) is 0 Å². The van der Waals surface area contributed by atoms with Crippen LogP contribution in [0.4, 0.5) is 0 Å². The Labute approximate surface area is 104 Å². The van der Waals surface area contributed by atoms with E-state index >= 15 is 0 Å². The van der Waals surface area contributed by atoms with Crippen molar-refractivity contribution in [2.45, 2.75) is 43.9 Å². The molecule has 2 N–H and O–H groups in total. The quantitative estimate of drug-likeness (QED) is 0.899. The van der Waals surface area contributed by atoms with E-state index in [1.54, 1.807) is 38.1 Å². The first-order chi connectivity index (χ1) is 7.76. The first kappa shape index (κ1) is 14.2. The highest BCUT2D eigenvalue weighted by Crippen LogP contribution is 2.22. The zero-order valence-electron chi connectivity index (χ0n) is 10.8. The molecule has 1 rings (SSSR count). The van der Waals surface area contributed by atoms with Crippen molar-refractivity contribution >= 4 is 9.84 Å². The molecule has 0 aliphatic heterocycles. The number of hydrogen-bond acceptors (Lipinski definition) is 3. The Morgan fingerprint density at radius 2 is 1.47 bits per heavy atom. The highest BCUT2D eigenvalue weighted by Gasteiger charge is 2.19. The van der Waals surface area contributed by atoms with Crippen molar-refractivity contribution in [3.8, 4) is 0 Å². The summed E-state index contributed by atoms with van der Waals surface area (Å²) < 4.78 is 23.8. The number of hydrogen-bond donors (Lipinski definition) is 1. The van der Waals surface area contributed by atoms with Gasteiger partial charge in [-0.15, -0.1) is 0 Å². The molecule has 0 amide bonds. The van der Waals surface area contributed by atoms with Crippen LogP contribution in [0.5, 0.6) is 0 Å². The predicted molar refractivity (Wildman–Crippen MR) is 70.5 cm³/mol. The van der Waals surface area contributed by atoms with Crippen molar-refractivity contribution in [3.63, 3.8) is 0 Å². The zero-order chi connectivity index (χ0) is 13.2. The largest absolute Gasteiger partial charge is 0.324 e. The van der Waals surface area contributed by atoms with E-state index < -0.39 is 15.1 Å². The Bertz CT molecular complexity index is 461. The van der Waals surface area contributed by atoms with Crippen LogP contribution in [-0.4, -0.2) is 13.7 Å². The molecule has 0 bridgehead atoms. The molecule has 1 aromatic rings. The van der Waals surface area contributed by atoms with Gasteiger partial charge in [-0.25, -0.2) is 8.42 Å². The molecule has 0 aliphatic carbocycles. The van der Waals surface area contributed by atoms with E-state index in [2.05, 4.69) is 0 Å². The maximum atomic E-state index is 11.9. The molecule has 0 saturated carbocycles. The summed E-state index contributed by atoms with van der Waals surface area (Å²) in [6.45, 7) is 7.46. The fourth-order valence-electron chi connectivity index (χ4n) is 1.54. The number of sulfone groups is 1. The Morgan fingerprint density at radius 1 is 1.00 bits per heavy atom. The summed E-state index contributed by atoms with van der Waals surface area (Å²) >= 11 is 0. The van der Waals surface area contributed by atoms with Crippen molar-refractivity contribution in [1.29, 1.82) is 0 Å². The molecular formula is C13H21NO2S. The lowest BCUT2D eigenvalue weighted by atomic mass is 9.97. The second kappa shape index (κ2) is 5.19. The van der Waals surface area contributed by atoms with Gasteiger partial charge in [0, 0.05) is 6.04 Å². The fraction of sp³-hybridized carbons (Fsp3) is 0.538. The van der Waals surface area contributed by atoms with Crippen LogP contribution in [0.3, 0.4) is 0 Å². The van der Waals surface area contributed by atoms with Crippen LogP contribution >= 0.6 is 0 Å². The third-order valence-electron chi connectivity index (χ3n) is 2.93. The second-order valence-electron chi connectivity index (χ2n) is 4.93.